The third kappa shape index (κ3) is 4.78. The second-order valence-electron chi connectivity index (χ2n) is 6.18. The van der Waals surface area contributed by atoms with Gasteiger partial charge in [-0.3, -0.25) is 4.79 Å². The van der Waals surface area contributed by atoms with Crippen molar-refractivity contribution < 1.29 is 33.2 Å². The highest BCUT2D eigenvalue weighted by molar-refractivity contribution is 5.85. The number of anilines is 1. The van der Waals surface area contributed by atoms with Crippen molar-refractivity contribution in [3.05, 3.63) is 40.2 Å². The topological polar surface area (TPSA) is 115 Å². The van der Waals surface area contributed by atoms with Crippen molar-refractivity contribution in [2.24, 2.45) is 0 Å². The third-order valence-corrected chi connectivity index (χ3v) is 4.27. The summed E-state index contributed by atoms with van der Waals surface area (Å²) in [5.41, 5.74) is -1.62. The Morgan fingerprint density at radius 3 is 2.44 bits per heavy atom. The molecule has 0 radical (unpaired) electrons. The summed E-state index contributed by atoms with van der Waals surface area (Å²) in [6.07, 6.45) is -8.39. The largest absolute Gasteiger partial charge is 0.417 e. The Kier molecular flexibility index (Phi) is 6.47. The molecule has 10 heteroatoms. The predicted molar refractivity (Wildman–Crippen MR) is 92.6 cm³/mol. The number of aromatic nitrogens is 1. The van der Waals surface area contributed by atoms with Crippen LogP contribution in [0.1, 0.15) is 12.5 Å². The first-order valence-corrected chi connectivity index (χ1v) is 8.09. The molecule has 2 aromatic rings. The summed E-state index contributed by atoms with van der Waals surface area (Å²) in [5, 5.41) is 32.0. The molecule has 5 N–H and O–H groups in total. The Morgan fingerprint density at radius 2 is 1.89 bits per heavy atom. The average molecular weight is 390 g/mol. The Bertz CT molecular complexity index is 835. The summed E-state index contributed by atoms with van der Waals surface area (Å²) in [5.74, 6) is 0. The minimum Gasteiger partial charge on any atom is -0.394 e. The summed E-state index contributed by atoms with van der Waals surface area (Å²) < 4.78 is 44.1. The van der Waals surface area contributed by atoms with Crippen LogP contribution in [-0.4, -0.2) is 58.4 Å². The molecule has 0 aliphatic carbocycles. The van der Waals surface area contributed by atoms with Gasteiger partial charge in [0.1, 0.15) is 18.3 Å². The molecule has 0 spiro atoms. The number of hydrogen-bond acceptors (Lipinski definition) is 6. The van der Waals surface area contributed by atoms with Gasteiger partial charge in [-0.15, -0.1) is 0 Å². The molecule has 0 saturated carbocycles. The lowest BCUT2D eigenvalue weighted by Crippen LogP contribution is -2.48. The van der Waals surface area contributed by atoms with Gasteiger partial charge in [-0.05, 0) is 19.1 Å². The van der Waals surface area contributed by atoms with Crippen molar-refractivity contribution in [2.45, 2.75) is 37.5 Å². The van der Waals surface area contributed by atoms with E-state index in [1.807, 2.05) is 0 Å². The van der Waals surface area contributed by atoms with E-state index in [-0.39, 0.29) is 10.9 Å². The second-order valence-corrected chi connectivity index (χ2v) is 6.18. The first kappa shape index (κ1) is 21.2. The number of aliphatic hydroxyl groups is 3. The van der Waals surface area contributed by atoms with Crippen LogP contribution in [0.2, 0.25) is 0 Å². The van der Waals surface area contributed by atoms with Crippen LogP contribution < -0.4 is 10.9 Å². The number of hydrogen-bond donors (Lipinski definition) is 5. The minimum atomic E-state index is -4.67. The number of halogens is 3. The maximum atomic E-state index is 13.1. The first-order chi connectivity index (χ1) is 12.6. The number of aliphatic hydroxyl groups excluding tert-OH is 3. The van der Waals surface area contributed by atoms with Crippen LogP contribution in [0.15, 0.2) is 29.1 Å². The molecule has 2 rings (SSSR count). The molecular formula is C17H21F3N2O5. The van der Waals surface area contributed by atoms with Gasteiger partial charge in [0.25, 0.3) is 0 Å². The van der Waals surface area contributed by atoms with Crippen molar-refractivity contribution in [3.63, 3.8) is 0 Å². The number of aromatic amines is 1. The molecule has 1 heterocycles. The molecule has 4 atom stereocenters. The normalized spacial score (nSPS) is 16.7. The van der Waals surface area contributed by atoms with E-state index in [9.17, 15) is 28.2 Å². The van der Waals surface area contributed by atoms with E-state index in [1.165, 1.54) is 32.2 Å². The number of benzene rings is 1. The Balaban J connectivity index is 2.29. The highest BCUT2D eigenvalue weighted by Crippen LogP contribution is 2.34. The smallest absolute Gasteiger partial charge is 0.394 e. The van der Waals surface area contributed by atoms with Crippen molar-refractivity contribution in [2.75, 3.05) is 19.0 Å². The fourth-order valence-electron chi connectivity index (χ4n) is 2.77. The molecule has 7 nitrogen and oxygen atoms in total. The number of methoxy groups -OCH3 is 1. The summed E-state index contributed by atoms with van der Waals surface area (Å²) in [4.78, 5) is 13.9. The van der Waals surface area contributed by atoms with Gasteiger partial charge in [0.2, 0.25) is 5.56 Å². The molecule has 27 heavy (non-hydrogen) atoms. The van der Waals surface area contributed by atoms with Crippen LogP contribution in [0.3, 0.4) is 0 Å². The number of pyridine rings is 1. The molecule has 0 saturated heterocycles. The van der Waals surface area contributed by atoms with Gasteiger partial charge in [0.15, 0.2) is 0 Å². The summed E-state index contributed by atoms with van der Waals surface area (Å²) in [6, 6.07) is 3.64. The fraction of sp³-hybridized carbons (Fsp3) is 0.471. The number of H-pyrrole nitrogens is 1. The van der Waals surface area contributed by atoms with Gasteiger partial charge < -0.3 is 30.4 Å². The van der Waals surface area contributed by atoms with Crippen LogP contribution in [0.5, 0.6) is 0 Å². The van der Waals surface area contributed by atoms with Crippen LogP contribution in [-0.2, 0) is 10.9 Å². The summed E-state index contributed by atoms with van der Waals surface area (Å²) in [7, 11) is 1.27. The monoisotopic (exact) mass is 390 g/mol. The molecule has 1 aromatic heterocycles. The quantitative estimate of drug-likeness (QED) is 0.483. The van der Waals surface area contributed by atoms with E-state index >= 15 is 0 Å². The molecule has 0 amide bonds. The lowest BCUT2D eigenvalue weighted by Gasteiger charge is -2.29. The van der Waals surface area contributed by atoms with Crippen LogP contribution in [0.4, 0.5) is 18.9 Å². The van der Waals surface area contributed by atoms with E-state index in [2.05, 4.69) is 10.3 Å². The van der Waals surface area contributed by atoms with E-state index < -0.39 is 48.3 Å². The minimum absolute atomic E-state index is 0.0211. The Morgan fingerprint density at radius 1 is 1.22 bits per heavy atom. The summed E-state index contributed by atoms with van der Waals surface area (Å²) >= 11 is 0. The maximum absolute atomic E-state index is 13.1. The first-order valence-electron chi connectivity index (χ1n) is 8.09. The average Bonchev–Trinajstić information content (AvgIpc) is 2.60. The van der Waals surface area contributed by atoms with Gasteiger partial charge in [-0.25, -0.2) is 0 Å². The number of nitrogens with one attached hydrogen (secondary N) is 2. The van der Waals surface area contributed by atoms with Crippen molar-refractivity contribution >= 4 is 16.6 Å². The molecule has 1 aromatic carbocycles. The number of rotatable bonds is 7. The van der Waals surface area contributed by atoms with Gasteiger partial charge in [0.05, 0.1) is 23.7 Å². The highest BCUT2D eigenvalue weighted by Gasteiger charge is 2.33. The van der Waals surface area contributed by atoms with E-state index in [4.69, 9.17) is 9.84 Å². The molecule has 0 bridgehead atoms. The number of alkyl halides is 3. The van der Waals surface area contributed by atoms with Crippen LogP contribution >= 0.6 is 0 Å². The lowest BCUT2D eigenvalue weighted by atomic mass is 10.0. The van der Waals surface area contributed by atoms with Crippen LogP contribution in [0.25, 0.3) is 10.9 Å². The fourth-order valence-corrected chi connectivity index (χ4v) is 2.77. The molecule has 3 unspecified atom stereocenters. The van der Waals surface area contributed by atoms with E-state index in [0.29, 0.717) is 11.8 Å². The van der Waals surface area contributed by atoms with E-state index in [1.54, 1.807) is 0 Å². The molecular weight excluding hydrogens is 369 g/mol. The summed E-state index contributed by atoms with van der Waals surface area (Å²) in [6.45, 7) is 1.04. The lowest BCUT2D eigenvalue weighted by molar-refractivity contribution is -0.136. The molecule has 0 aliphatic heterocycles. The van der Waals surface area contributed by atoms with E-state index in [0.717, 1.165) is 0 Å². The van der Waals surface area contributed by atoms with Crippen molar-refractivity contribution in [1.29, 1.82) is 0 Å². The molecule has 0 fully saturated rings. The standard InChI is InChI=1S/C17H21F3N2O5/c1-8(15(25)16(26)13(7-23)27-2)21-9-3-4-10-11(17(18,19)20)6-14(24)22-12(10)5-9/h3-6,8,13,15-16,21,23,25-26H,7H2,1-2H3,(H,22,24)/t8-,13?,15?,16?/m1/s1. The zero-order valence-electron chi connectivity index (χ0n) is 14.6. The molecule has 0 aliphatic rings. The van der Waals surface area contributed by atoms with Gasteiger partial charge >= 0.3 is 6.18 Å². The molecule has 150 valence electrons. The maximum Gasteiger partial charge on any atom is 0.417 e. The third-order valence-electron chi connectivity index (χ3n) is 4.27. The SMILES string of the molecule is COC(CO)C(O)C(O)[C@@H](C)Nc1ccc2c(C(F)(F)F)cc(=O)[nH]c2c1. The van der Waals surface area contributed by atoms with Crippen LogP contribution in [0, 0.1) is 0 Å². The van der Waals surface area contributed by atoms with Crippen molar-refractivity contribution in [1.82, 2.24) is 4.98 Å². The van der Waals surface area contributed by atoms with Gasteiger partial charge in [0, 0.05) is 24.2 Å². The van der Waals surface area contributed by atoms with Gasteiger partial charge in [-0.2, -0.15) is 13.2 Å². The van der Waals surface area contributed by atoms with Crippen molar-refractivity contribution in [3.8, 4) is 0 Å². The second kappa shape index (κ2) is 8.26. The van der Waals surface area contributed by atoms with Gasteiger partial charge in [-0.1, -0.05) is 6.07 Å². The Hall–Kier alpha value is -2.14. The Labute approximate surface area is 152 Å². The number of ether oxygens (including phenoxy) is 1. The zero-order valence-corrected chi connectivity index (χ0v) is 14.6. The zero-order chi connectivity index (χ0) is 20.4. The highest BCUT2D eigenvalue weighted by atomic mass is 19.4. The predicted octanol–water partition coefficient (Wildman–Crippen LogP) is 1.08. The number of fused-ring (bicyclic) bond motifs is 1.